The van der Waals surface area contributed by atoms with Gasteiger partial charge in [-0.2, -0.15) is 0 Å². The molecule has 3 heteroatoms. The molecule has 3 N–H and O–H groups in total. The molecule has 1 saturated carbocycles. The summed E-state index contributed by atoms with van der Waals surface area (Å²) >= 11 is 0. The van der Waals surface area contributed by atoms with Crippen LogP contribution in [0.3, 0.4) is 0 Å². The van der Waals surface area contributed by atoms with Crippen molar-refractivity contribution in [2.24, 2.45) is 5.73 Å². The van der Waals surface area contributed by atoms with E-state index >= 15 is 0 Å². The second-order valence-corrected chi connectivity index (χ2v) is 5.12. The molecular formula is C15H22N2O. The Labute approximate surface area is 109 Å². The molecule has 0 saturated heterocycles. The fourth-order valence-electron chi connectivity index (χ4n) is 2.26. The molecule has 1 fully saturated rings. The van der Waals surface area contributed by atoms with Crippen LogP contribution >= 0.6 is 0 Å². The largest absolute Gasteiger partial charge is 0.353 e. The molecule has 3 nitrogen and oxygen atoms in total. The van der Waals surface area contributed by atoms with Crippen molar-refractivity contribution in [3.05, 3.63) is 35.4 Å². The molecule has 1 unspecified atom stereocenters. The summed E-state index contributed by atoms with van der Waals surface area (Å²) in [5.41, 5.74) is 7.90. The maximum atomic E-state index is 12.3. The smallest absolute Gasteiger partial charge is 0.227 e. The lowest BCUT2D eigenvalue weighted by Gasteiger charge is -2.18. The van der Waals surface area contributed by atoms with Gasteiger partial charge in [-0.25, -0.2) is 0 Å². The zero-order valence-corrected chi connectivity index (χ0v) is 11.0. The Morgan fingerprint density at radius 3 is 2.78 bits per heavy atom. The Hall–Kier alpha value is -1.35. The summed E-state index contributed by atoms with van der Waals surface area (Å²) < 4.78 is 0. The molecule has 0 heterocycles. The van der Waals surface area contributed by atoms with Gasteiger partial charge in [0.25, 0.3) is 0 Å². The van der Waals surface area contributed by atoms with Crippen molar-refractivity contribution in [1.82, 2.24) is 5.32 Å². The Morgan fingerprint density at radius 2 is 2.17 bits per heavy atom. The van der Waals surface area contributed by atoms with E-state index in [2.05, 4.69) is 24.4 Å². The zero-order valence-electron chi connectivity index (χ0n) is 11.0. The number of aryl methyl sites for hydroxylation is 1. The van der Waals surface area contributed by atoms with Gasteiger partial charge in [0.05, 0.1) is 5.92 Å². The van der Waals surface area contributed by atoms with E-state index in [4.69, 9.17) is 5.73 Å². The molecule has 1 aliphatic carbocycles. The van der Waals surface area contributed by atoms with Crippen LogP contribution in [-0.2, 0) is 4.79 Å². The van der Waals surface area contributed by atoms with Gasteiger partial charge < -0.3 is 11.1 Å². The fraction of sp³-hybridized carbons (Fsp3) is 0.533. The van der Waals surface area contributed by atoms with E-state index in [1.807, 2.05) is 12.1 Å². The van der Waals surface area contributed by atoms with E-state index in [1.54, 1.807) is 0 Å². The van der Waals surface area contributed by atoms with E-state index in [-0.39, 0.29) is 11.8 Å². The standard InChI is InChI=1S/C15H22N2O/c1-11-5-2-3-6-13(11)14(7-4-10-16)15(18)17-12-8-9-12/h2-3,5-6,12,14H,4,7-10,16H2,1H3,(H,17,18). The van der Waals surface area contributed by atoms with Crippen molar-refractivity contribution in [2.75, 3.05) is 6.54 Å². The quantitative estimate of drug-likeness (QED) is 0.807. The van der Waals surface area contributed by atoms with Crippen LogP contribution in [0.25, 0.3) is 0 Å². The molecule has 0 bridgehead atoms. The van der Waals surface area contributed by atoms with Gasteiger partial charge in [0.2, 0.25) is 5.91 Å². The molecule has 1 aromatic carbocycles. The normalized spacial score (nSPS) is 16.3. The van der Waals surface area contributed by atoms with Crippen molar-refractivity contribution in [3.63, 3.8) is 0 Å². The maximum absolute atomic E-state index is 12.3. The molecular weight excluding hydrogens is 224 g/mol. The molecule has 98 valence electrons. The molecule has 18 heavy (non-hydrogen) atoms. The van der Waals surface area contributed by atoms with Crippen LogP contribution in [0.5, 0.6) is 0 Å². The lowest BCUT2D eigenvalue weighted by atomic mass is 9.90. The lowest BCUT2D eigenvalue weighted by molar-refractivity contribution is -0.122. The summed E-state index contributed by atoms with van der Waals surface area (Å²) in [6.45, 7) is 2.70. The second-order valence-electron chi connectivity index (χ2n) is 5.12. The number of carbonyl (C=O) groups excluding carboxylic acids is 1. The topological polar surface area (TPSA) is 55.1 Å². The number of nitrogens with one attached hydrogen (secondary N) is 1. The van der Waals surface area contributed by atoms with E-state index in [1.165, 1.54) is 5.56 Å². The van der Waals surface area contributed by atoms with Crippen molar-refractivity contribution < 1.29 is 4.79 Å². The number of hydrogen-bond donors (Lipinski definition) is 2. The van der Waals surface area contributed by atoms with E-state index in [0.717, 1.165) is 31.2 Å². The average molecular weight is 246 g/mol. The Balaban J connectivity index is 2.12. The summed E-state index contributed by atoms with van der Waals surface area (Å²) in [6.07, 6.45) is 3.98. The molecule has 0 aromatic heterocycles. The van der Waals surface area contributed by atoms with Crippen molar-refractivity contribution in [2.45, 2.75) is 44.6 Å². The van der Waals surface area contributed by atoms with Crippen molar-refractivity contribution in [3.8, 4) is 0 Å². The van der Waals surface area contributed by atoms with Gasteiger partial charge >= 0.3 is 0 Å². The molecule has 0 radical (unpaired) electrons. The van der Waals surface area contributed by atoms with Gasteiger partial charge in [0.1, 0.15) is 0 Å². The Kier molecular flexibility index (Phi) is 4.37. The third-order valence-electron chi connectivity index (χ3n) is 3.50. The first kappa shape index (κ1) is 13.1. The van der Waals surface area contributed by atoms with Crippen molar-refractivity contribution >= 4 is 5.91 Å². The lowest BCUT2D eigenvalue weighted by Crippen LogP contribution is -2.31. The van der Waals surface area contributed by atoms with Gasteiger partial charge in [-0.15, -0.1) is 0 Å². The number of rotatable bonds is 6. The maximum Gasteiger partial charge on any atom is 0.227 e. The first-order valence-electron chi connectivity index (χ1n) is 6.78. The Morgan fingerprint density at radius 1 is 1.44 bits per heavy atom. The van der Waals surface area contributed by atoms with Crippen LogP contribution in [0, 0.1) is 6.92 Å². The molecule has 1 atom stereocenters. The minimum Gasteiger partial charge on any atom is -0.353 e. The Bertz CT molecular complexity index is 413. The number of nitrogens with two attached hydrogens (primary N) is 1. The minimum absolute atomic E-state index is 0.0460. The van der Waals surface area contributed by atoms with Gasteiger partial charge in [0.15, 0.2) is 0 Å². The highest BCUT2D eigenvalue weighted by Gasteiger charge is 2.28. The highest BCUT2D eigenvalue weighted by Crippen LogP contribution is 2.27. The summed E-state index contributed by atoms with van der Waals surface area (Å²) in [4.78, 5) is 12.3. The number of carbonyl (C=O) groups is 1. The molecule has 2 rings (SSSR count). The predicted molar refractivity (Wildman–Crippen MR) is 73.4 cm³/mol. The summed E-state index contributed by atoms with van der Waals surface area (Å²) in [5.74, 6) is 0.121. The van der Waals surface area contributed by atoms with Crippen LogP contribution in [0.1, 0.15) is 42.7 Å². The van der Waals surface area contributed by atoms with Gasteiger partial charge in [-0.1, -0.05) is 24.3 Å². The van der Waals surface area contributed by atoms with Crippen LogP contribution in [0.4, 0.5) is 0 Å². The highest BCUT2D eigenvalue weighted by molar-refractivity contribution is 5.84. The number of amides is 1. The third kappa shape index (κ3) is 3.33. The zero-order chi connectivity index (χ0) is 13.0. The SMILES string of the molecule is Cc1ccccc1C(CCCN)C(=O)NC1CC1. The molecule has 0 aliphatic heterocycles. The monoisotopic (exact) mass is 246 g/mol. The summed E-state index contributed by atoms with van der Waals surface area (Å²) in [5, 5.41) is 3.11. The molecule has 1 aliphatic rings. The molecule has 0 spiro atoms. The van der Waals surface area contributed by atoms with Crippen LogP contribution in [0.2, 0.25) is 0 Å². The first-order chi connectivity index (χ1) is 8.72. The van der Waals surface area contributed by atoms with Gasteiger partial charge in [0, 0.05) is 6.04 Å². The molecule has 1 amide bonds. The predicted octanol–water partition coefficient (Wildman–Crippen LogP) is 2.10. The molecule has 1 aromatic rings. The second kappa shape index (κ2) is 6.01. The van der Waals surface area contributed by atoms with E-state index in [0.29, 0.717) is 12.6 Å². The van der Waals surface area contributed by atoms with E-state index < -0.39 is 0 Å². The third-order valence-corrected chi connectivity index (χ3v) is 3.50. The first-order valence-corrected chi connectivity index (χ1v) is 6.78. The number of benzene rings is 1. The summed E-state index contributed by atoms with van der Waals surface area (Å²) in [6, 6.07) is 8.56. The van der Waals surface area contributed by atoms with Gasteiger partial charge in [-0.3, -0.25) is 4.79 Å². The van der Waals surface area contributed by atoms with Crippen LogP contribution < -0.4 is 11.1 Å². The van der Waals surface area contributed by atoms with E-state index in [9.17, 15) is 4.79 Å². The van der Waals surface area contributed by atoms with Crippen LogP contribution in [-0.4, -0.2) is 18.5 Å². The fourth-order valence-corrected chi connectivity index (χ4v) is 2.26. The van der Waals surface area contributed by atoms with Gasteiger partial charge in [-0.05, 0) is 50.3 Å². The van der Waals surface area contributed by atoms with Crippen LogP contribution in [0.15, 0.2) is 24.3 Å². The minimum atomic E-state index is -0.0460. The summed E-state index contributed by atoms with van der Waals surface area (Å²) in [7, 11) is 0. The average Bonchev–Trinajstić information content (AvgIpc) is 3.15. The number of hydrogen-bond acceptors (Lipinski definition) is 2. The highest BCUT2D eigenvalue weighted by atomic mass is 16.2. The van der Waals surface area contributed by atoms with Crippen molar-refractivity contribution in [1.29, 1.82) is 0 Å².